The molecule has 2 saturated heterocycles. The van der Waals surface area contributed by atoms with Crippen LogP contribution in [0.4, 0.5) is 4.79 Å². The lowest BCUT2D eigenvalue weighted by atomic mass is 10.0. The van der Waals surface area contributed by atoms with E-state index in [1.165, 1.54) is 5.56 Å². The number of carbonyl (C=O) groups is 3. The van der Waals surface area contributed by atoms with Crippen LogP contribution in [0.15, 0.2) is 30.3 Å². The quantitative estimate of drug-likeness (QED) is 0.696. The highest BCUT2D eigenvalue weighted by Crippen LogP contribution is 2.14. The van der Waals surface area contributed by atoms with Crippen molar-refractivity contribution >= 4 is 17.9 Å². The van der Waals surface area contributed by atoms with Gasteiger partial charge in [-0.15, -0.1) is 0 Å². The first-order valence-electron chi connectivity index (χ1n) is 10.8. The average molecular weight is 417 g/mol. The van der Waals surface area contributed by atoms with Gasteiger partial charge in [-0.3, -0.25) is 14.5 Å². The van der Waals surface area contributed by atoms with E-state index in [2.05, 4.69) is 27.7 Å². The number of piperidine rings is 1. The molecule has 8 heteroatoms. The molecule has 1 atom stereocenters. The molecule has 3 rings (SSSR count). The molecule has 1 aromatic rings. The van der Waals surface area contributed by atoms with E-state index >= 15 is 0 Å². The Kier molecular flexibility index (Phi) is 8.07. The number of nitrogens with zero attached hydrogens (tertiary/aromatic N) is 2. The molecule has 3 amide bonds. The number of hydrogen-bond acceptors (Lipinski definition) is 5. The minimum Gasteiger partial charge on any atom is -0.450 e. The molecule has 2 aliphatic rings. The normalized spacial score (nSPS) is 20.5. The van der Waals surface area contributed by atoms with Crippen LogP contribution in [0.2, 0.25) is 0 Å². The van der Waals surface area contributed by atoms with Gasteiger partial charge in [0.15, 0.2) is 0 Å². The second-order valence-electron chi connectivity index (χ2n) is 7.81. The van der Waals surface area contributed by atoms with E-state index in [0.29, 0.717) is 39.1 Å². The van der Waals surface area contributed by atoms with E-state index in [4.69, 9.17) is 4.74 Å². The summed E-state index contributed by atoms with van der Waals surface area (Å²) >= 11 is 0. The number of hydrogen-bond donors (Lipinski definition) is 2. The highest BCUT2D eigenvalue weighted by Gasteiger charge is 2.32. The van der Waals surface area contributed by atoms with Crippen LogP contribution in [-0.2, 0) is 20.7 Å². The van der Waals surface area contributed by atoms with Crippen LogP contribution in [-0.4, -0.2) is 79.1 Å². The summed E-state index contributed by atoms with van der Waals surface area (Å²) in [5.41, 5.74) is 1.22. The Morgan fingerprint density at radius 2 is 1.90 bits per heavy atom. The van der Waals surface area contributed by atoms with Gasteiger partial charge < -0.3 is 20.3 Å². The molecule has 164 valence electrons. The van der Waals surface area contributed by atoms with Gasteiger partial charge in [-0.05, 0) is 31.7 Å². The largest absolute Gasteiger partial charge is 0.450 e. The highest BCUT2D eigenvalue weighted by molar-refractivity contribution is 5.89. The molecule has 1 unspecified atom stereocenters. The molecule has 1 aromatic carbocycles. The first kappa shape index (κ1) is 22.1. The van der Waals surface area contributed by atoms with Gasteiger partial charge in [0.1, 0.15) is 0 Å². The second kappa shape index (κ2) is 11.0. The topological polar surface area (TPSA) is 91.0 Å². The number of ether oxygens (including phenoxy) is 1. The van der Waals surface area contributed by atoms with Crippen molar-refractivity contribution in [1.29, 1.82) is 0 Å². The zero-order chi connectivity index (χ0) is 21.3. The molecule has 2 fully saturated rings. The van der Waals surface area contributed by atoms with Gasteiger partial charge >= 0.3 is 6.09 Å². The zero-order valence-corrected chi connectivity index (χ0v) is 17.6. The third-order valence-corrected chi connectivity index (χ3v) is 5.74. The van der Waals surface area contributed by atoms with Gasteiger partial charge in [-0.2, -0.15) is 0 Å². The second-order valence-corrected chi connectivity index (χ2v) is 7.81. The Hall–Kier alpha value is -2.61. The summed E-state index contributed by atoms with van der Waals surface area (Å²) < 4.78 is 5.03. The number of likely N-dealkylation sites (tertiary alicyclic amines) is 1. The average Bonchev–Trinajstić information content (AvgIpc) is 2.75. The smallest absolute Gasteiger partial charge is 0.409 e. The monoisotopic (exact) mass is 416 g/mol. The fourth-order valence-corrected chi connectivity index (χ4v) is 4.05. The Bertz CT molecular complexity index is 719. The van der Waals surface area contributed by atoms with Crippen LogP contribution in [0, 0.1) is 0 Å². The molecule has 0 spiro atoms. The predicted molar refractivity (Wildman–Crippen MR) is 113 cm³/mol. The summed E-state index contributed by atoms with van der Waals surface area (Å²) in [6.45, 7) is 5.38. The van der Waals surface area contributed by atoms with Gasteiger partial charge in [-0.1, -0.05) is 30.3 Å². The lowest BCUT2D eigenvalue weighted by molar-refractivity contribution is -0.134. The maximum absolute atomic E-state index is 12.6. The Labute approximate surface area is 177 Å². The van der Waals surface area contributed by atoms with Crippen LogP contribution < -0.4 is 10.6 Å². The van der Waals surface area contributed by atoms with Gasteiger partial charge in [0, 0.05) is 38.8 Å². The number of amides is 3. The molecule has 2 aliphatic heterocycles. The molecule has 0 radical (unpaired) electrons. The molecular formula is C22H32N4O4. The lowest BCUT2D eigenvalue weighted by Gasteiger charge is -2.35. The molecule has 30 heavy (non-hydrogen) atoms. The number of piperazine rings is 1. The number of carbonyl (C=O) groups excluding carboxylic acids is 3. The van der Waals surface area contributed by atoms with Crippen molar-refractivity contribution < 1.29 is 19.1 Å². The number of nitrogens with one attached hydrogen (secondary N) is 2. The van der Waals surface area contributed by atoms with Gasteiger partial charge in [-0.25, -0.2) is 4.79 Å². The van der Waals surface area contributed by atoms with Crippen molar-refractivity contribution in [2.45, 2.75) is 44.7 Å². The van der Waals surface area contributed by atoms with E-state index in [0.717, 1.165) is 19.5 Å². The third-order valence-electron chi connectivity index (χ3n) is 5.74. The fraction of sp³-hybridized carbons (Fsp3) is 0.591. The number of benzene rings is 1. The standard InChI is InChI=1S/C22H32N4O4/c1-2-30-22(29)26-13-9-18(10-14-26)24-20(27)16-19-21(28)23-11-15-25(19)12-8-17-6-4-3-5-7-17/h3-7,18-19H,2,8-16H2,1H3,(H,23,28)(H,24,27). The Morgan fingerprint density at radius 1 is 1.17 bits per heavy atom. The van der Waals surface area contributed by atoms with Crippen molar-refractivity contribution in [3.05, 3.63) is 35.9 Å². The molecule has 0 aliphatic carbocycles. The van der Waals surface area contributed by atoms with Crippen LogP contribution in [0.1, 0.15) is 31.7 Å². The van der Waals surface area contributed by atoms with Gasteiger partial charge in [0.05, 0.1) is 19.1 Å². The molecule has 0 saturated carbocycles. The van der Waals surface area contributed by atoms with Crippen molar-refractivity contribution in [2.24, 2.45) is 0 Å². The van der Waals surface area contributed by atoms with E-state index < -0.39 is 6.04 Å². The Morgan fingerprint density at radius 3 is 2.60 bits per heavy atom. The summed E-state index contributed by atoms with van der Waals surface area (Å²) in [5, 5.41) is 5.93. The fourth-order valence-electron chi connectivity index (χ4n) is 4.05. The minimum absolute atomic E-state index is 0.0209. The van der Waals surface area contributed by atoms with Crippen molar-refractivity contribution in [3.8, 4) is 0 Å². The molecular weight excluding hydrogens is 384 g/mol. The summed E-state index contributed by atoms with van der Waals surface area (Å²) in [7, 11) is 0. The highest BCUT2D eigenvalue weighted by atomic mass is 16.6. The van der Waals surface area contributed by atoms with Crippen LogP contribution in [0.25, 0.3) is 0 Å². The molecule has 0 bridgehead atoms. The SMILES string of the molecule is CCOC(=O)N1CCC(NC(=O)CC2C(=O)NCCN2CCc2ccccc2)CC1. The summed E-state index contributed by atoms with van der Waals surface area (Å²) in [4.78, 5) is 40.6. The predicted octanol–water partition coefficient (Wildman–Crippen LogP) is 1.16. The van der Waals surface area contributed by atoms with Crippen molar-refractivity contribution in [3.63, 3.8) is 0 Å². The lowest BCUT2D eigenvalue weighted by Crippen LogP contribution is -2.57. The first-order valence-corrected chi connectivity index (χ1v) is 10.8. The summed E-state index contributed by atoms with van der Waals surface area (Å²) in [6, 6.07) is 9.74. The van der Waals surface area contributed by atoms with Crippen LogP contribution >= 0.6 is 0 Å². The molecule has 2 N–H and O–H groups in total. The van der Waals surface area contributed by atoms with E-state index in [1.54, 1.807) is 11.8 Å². The summed E-state index contributed by atoms with van der Waals surface area (Å²) in [6.07, 6.45) is 2.09. The first-order chi connectivity index (χ1) is 14.6. The van der Waals surface area contributed by atoms with Crippen LogP contribution in [0.3, 0.4) is 0 Å². The maximum Gasteiger partial charge on any atom is 0.409 e. The van der Waals surface area contributed by atoms with E-state index in [9.17, 15) is 14.4 Å². The molecule has 8 nitrogen and oxygen atoms in total. The minimum atomic E-state index is -0.443. The summed E-state index contributed by atoms with van der Waals surface area (Å²) in [5.74, 6) is -0.196. The molecule has 0 aromatic heterocycles. The van der Waals surface area contributed by atoms with E-state index in [-0.39, 0.29) is 30.4 Å². The van der Waals surface area contributed by atoms with Crippen molar-refractivity contribution in [2.75, 3.05) is 39.3 Å². The van der Waals surface area contributed by atoms with Gasteiger partial charge in [0.25, 0.3) is 0 Å². The van der Waals surface area contributed by atoms with Crippen LogP contribution in [0.5, 0.6) is 0 Å². The van der Waals surface area contributed by atoms with Gasteiger partial charge in [0.2, 0.25) is 11.8 Å². The maximum atomic E-state index is 12.6. The Balaban J connectivity index is 1.47. The van der Waals surface area contributed by atoms with Crippen molar-refractivity contribution in [1.82, 2.24) is 20.4 Å². The third kappa shape index (κ3) is 6.19. The van der Waals surface area contributed by atoms with E-state index in [1.807, 2.05) is 18.2 Å². The zero-order valence-electron chi connectivity index (χ0n) is 17.6. The molecule has 2 heterocycles. The number of rotatable bonds is 7.